The van der Waals surface area contributed by atoms with Crippen molar-refractivity contribution in [2.75, 3.05) is 12.0 Å². The van der Waals surface area contributed by atoms with E-state index in [9.17, 15) is 13.2 Å². The van der Waals surface area contributed by atoms with Crippen LogP contribution in [0.1, 0.15) is 31.5 Å². The van der Waals surface area contributed by atoms with Gasteiger partial charge in [0, 0.05) is 25.1 Å². The Hall–Kier alpha value is -2.75. The number of ether oxygens (including phenoxy) is 1. The number of hydrogen-bond donors (Lipinski definition) is 0. The van der Waals surface area contributed by atoms with Gasteiger partial charge in [-0.25, -0.2) is 13.1 Å². The minimum Gasteiger partial charge on any atom is -0.448 e. The molecule has 0 N–H and O–H groups in total. The third-order valence-corrected chi connectivity index (χ3v) is 4.96. The van der Waals surface area contributed by atoms with E-state index < -0.39 is 21.5 Å². The molecule has 0 spiro atoms. The molecule has 0 saturated heterocycles. The monoisotopic (exact) mass is 391 g/mol. The summed E-state index contributed by atoms with van der Waals surface area (Å²) in [5.74, 6) is -0.389. The first-order valence-electron chi connectivity index (χ1n) is 8.32. The summed E-state index contributed by atoms with van der Waals surface area (Å²) >= 11 is 0. The fraction of sp³-hybridized carbons (Fsp3) is 0.412. The smallest absolute Gasteiger partial charge is 0.247 e. The van der Waals surface area contributed by atoms with Crippen molar-refractivity contribution in [3.8, 4) is 5.69 Å². The van der Waals surface area contributed by atoms with Crippen LogP contribution in [-0.4, -0.2) is 57.7 Å². The molecule has 0 radical (unpaired) electrons. The summed E-state index contributed by atoms with van der Waals surface area (Å²) in [6, 6.07) is 3.67. The molecule has 1 amide bonds. The topological polar surface area (TPSA) is 107 Å². The van der Waals surface area contributed by atoms with Gasteiger partial charge in [0.2, 0.25) is 17.5 Å². The van der Waals surface area contributed by atoms with E-state index in [1.165, 1.54) is 5.01 Å². The highest BCUT2D eigenvalue weighted by Crippen LogP contribution is 2.28. The van der Waals surface area contributed by atoms with Crippen molar-refractivity contribution in [3.05, 3.63) is 42.0 Å². The van der Waals surface area contributed by atoms with Crippen molar-refractivity contribution in [1.82, 2.24) is 19.8 Å². The lowest BCUT2D eigenvalue weighted by Crippen LogP contribution is -2.42. The molecule has 27 heavy (non-hydrogen) atoms. The SMILES string of the molecule is Cc1nn(-c2cccnc2)cc1C1=NN(C(=O)CCS(C)(=O)=O)C(C)(C)O1. The Balaban J connectivity index is 1.87. The fourth-order valence-electron chi connectivity index (χ4n) is 2.65. The van der Waals surface area contributed by atoms with Crippen molar-refractivity contribution in [1.29, 1.82) is 0 Å². The molecule has 0 atom stereocenters. The summed E-state index contributed by atoms with van der Waals surface area (Å²) in [4.78, 5) is 16.5. The molecule has 0 aromatic carbocycles. The van der Waals surface area contributed by atoms with Gasteiger partial charge in [0.05, 0.1) is 28.9 Å². The highest BCUT2D eigenvalue weighted by molar-refractivity contribution is 7.90. The maximum absolute atomic E-state index is 12.4. The minimum absolute atomic E-state index is 0.156. The van der Waals surface area contributed by atoms with Crippen LogP contribution in [0.2, 0.25) is 0 Å². The fourth-order valence-corrected chi connectivity index (χ4v) is 3.19. The minimum atomic E-state index is -3.24. The Morgan fingerprint density at radius 1 is 1.33 bits per heavy atom. The zero-order valence-electron chi connectivity index (χ0n) is 15.6. The third kappa shape index (κ3) is 4.16. The molecule has 1 aliphatic rings. The lowest BCUT2D eigenvalue weighted by atomic mass is 10.2. The van der Waals surface area contributed by atoms with Gasteiger partial charge in [0.1, 0.15) is 9.84 Å². The van der Waals surface area contributed by atoms with Gasteiger partial charge in [0.25, 0.3) is 0 Å². The van der Waals surface area contributed by atoms with Gasteiger partial charge in [-0.05, 0) is 32.9 Å². The van der Waals surface area contributed by atoms with Gasteiger partial charge in [-0.1, -0.05) is 0 Å². The molecule has 10 heteroatoms. The zero-order valence-corrected chi connectivity index (χ0v) is 16.4. The molecule has 0 bridgehead atoms. The van der Waals surface area contributed by atoms with Crippen LogP contribution in [0.25, 0.3) is 5.69 Å². The number of amides is 1. The molecule has 9 nitrogen and oxygen atoms in total. The first-order valence-corrected chi connectivity index (χ1v) is 10.4. The molecule has 1 aliphatic heterocycles. The van der Waals surface area contributed by atoms with Crippen LogP contribution in [0.15, 0.2) is 35.8 Å². The molecule has 0 unspecified atom stereocenters. The third-order valence-electron chi connectivity index (χ3n) is 4.01. The molecule has 2 aromatic rings. The maximum Gasteiger partial charge on any atom is 0.247 e. The van der Waals surface area contributed by atoms with Crippen LogP contribution in [0.5, 0.6) is 0 Å². The lowest BCUT2D eigenvalue weighted by molar-refractivity contribution is -0.144. The van der Waals surface area contributed by atoms with Crippen LogP contribution < -0.4 is 0 Å². The van der Waals surface area contributed by atoms with E-state index in [0.717, 1.165) is 11.9 Å². The summed E-state index contributed by atoms with van der Waals surface area (Å²) in [7, 11) is -3.24. The molecule has 0 fully saturated rings. The second-order valence-corrected chi connectivity index (χ2v) is 9.08. The van der Waals surface area contributed by atoms with Crippen molar-refractivity contribution in [3.63, 3.8) is 0 Å². The molecule has 0 saturated carbocycles. The molecule has 3 rings (SSSR count). The largest absolute Gasteiger partial charge is 0.448 e. The zero-order chi connectivity index (χ0) is 19.8. The van der Waals surface area contributed by atoms with E-state index >= 15 is 0 Å². The van der Waals surface area contributed by atoms with Gasteiger partial charge in [-0.15, -0.1) is 5.10 Å². The summed E-state index contributed by atoms with van der Waals surface area (Å²) in [5, 5.41) is 9.93. The van der Waals surface area contributed by atoms with E-state index in [0.29, 0.717) is 11.3 Å². The number of carbonyl (C=O) groups is 1. The van der Waals surface area contributed by atoms with Crippen LogP contribution in [-0.2, 0) is 19.4 Å². The number of aryl methyl sites for hydroxylation is 1. The van der Waals surface area contributed by atoms with E-state index in [2.05, 4.69) is 15.2 Å². The molecule has 3 heterocycles. The predicted molar refractivity (Wildman–Crippen MR) is 99.0 cm³/mol. The number of nitrogens with zero attached hydrogens (tertiary/aromatic N) is 5. The van der Waals surface area contributed by atoms with Crippen molar-refractivity contribution in [2.45, 2.75) is 32.9 Å². The normalized spacial score (nSPS) is 16.1. The average molecular weight is 391 g/mol. The lowest BCUT2D eigenvalue weighted by Gasteiger charge is -2.27. The maximum atomic E-state index is 12.4. The second kappa shape index (κ2) is 6.76. The quantitative estimate of drug-likeness (QED) is 0.760. The molecule has 2 aromatic heterocycles. The Morgan fingerprint density at radius 2 is 2.07 bits per heavy atom. The Bertz CT molecular complexity index is 996. The first-order chi connectivity index (χ1) is 12.6. The van der Waals surface area contributed by atoms with Crippen molar-refractivity contribution >= 4 is 21.6 Å². The van der Waals surface area contributed by atoms with E-state index in [-0.39, 0.29) is 18.1 Å². The summed E-state index contributed by atoms with van der Waals surface area (Å²) in [5.41, 5.74) is 1.09. The predicted octanol–water partition coefficient (Wildman–Crippen LogP) is 1.27. The Morgan fingerprint density at radius 3 is 2.70 bits per heavy atom. The summed E-state index contributed by atoms with van der Waals surface area (Å²) < 4.78 is 30.2. The second-order valence-electron chi connectivity index (χ2n) is 6.82. The standard InChI is InChI=1S/C17H21N5O4S/c1-12-14(11-21(19-12)13-6-5-8-18-10-13)16-20-22(17(2,3)26-16)15(23)7-9-27(4,24)25/h5-6,8,10-11H,7,9H2,1-4H3. The van der Waals surface area contributed by atoms with Crippen molar-refractivity contribution < 1.29 is 17.9 Å². The van der Waals surface area contributed by atoms with Gasteiger partial charge in [0.15, 0.2) is 0 Å². The average Bonchev–Trinajstić information content (AvgIpc) is 3.12. The number of rotatable bonds is 5. The van der Waals surface area contributed by atoms with E-state index in [1.54, 1.807) is 43.2 Å². The highest BCUT2D eigenvalue weighted by Gasteiger charge is 2.41. The Kier molecular flexibility index (Phi) is 4.77. The van der Waals surface area contributed by atoms with Gasteiger partial charge < -0.3 is 4.74 Å². The van der Waals surface area contributed by atoms with E-state index in [4.69, 9.17) is 4.74 Å². The van der Waals surface area contributed by atoms with Crippen molar-refractivity contribution in [2.24, 2.45) is 5.10 Å². The molecule has 0 aliphatic carbocycles. The number of pyridine rings is 1. The molecule has 144 valence electrons. The number of carbonyl (C=O) groups excluding carboxylic acids is 1. The Labute approximate surface area is 157 Å². The number of aromatic nitrogens is 3. The number of sulfone groups is 1. The number of hydrazone groups is 1. The van der Waals surface area contributed by atoms with E-state index in [1.807, 2.05) is 13.0 Å². The molecular weight excluding hydrogens is 370 g/mol. The van der Waals surface area contributed by atoms with Crippen LogP contribution in [0.3, 0.4) is 0 Å². The van der Waals surface area contributed by atoms with Crippen LogP contribution in [0, 0.1) is 6.92 Å². The summed E-state index contributed by atoms with van der Waals surface area (Å²) in [6.45, 7) is 5.21. The van der Waals surface area contributed by atoms with Gasteiger partial charge in [-0.2, -0.15) is 10.1 Å². The number of hydrogen-bond acceptors (Lipinski definition) is 7. The van der Waals surface area contributed by atoms with Gasteiger partial charge >= 0.3 is 0 Å². The summed E-state index contributed by atoms with van der Waals surface area (Å²) in [6.07, 6.45) is 6.05. The van der Waals surface area contributed by atoms with Crippen LogP contribution >= 0.6 is 0 Å². The molecular formula is C17H21N5O4S. The highest BCUT2D eigenvalue weighted by atomic mass is 32.2. The first kappa shape index (κ1) is 19.0. The van der Waals surface area contributed by atoms with Crippen LogP contribution in [0.4, 0.5) is 0 Å². The van der Waals surface area contributed by atoms with Gasteiger partial charge in [-0.3, -0.25) is 9.78 Å².